The third-order valence-electron chi connectivity index (χ3n) is 1.32. The van der Waals surface area contributed by atoms with Gasteiger partial charge in [-0.2, -0.15) is 0 Å². The highest BCUT2D eigenvalue weighted by Gasteiger charge is 1.99. The molecule has 0 fully saturated rings. The minimum atomic E-state index is -0.190. The van der Waals surface area contributed by atoms with E-state index in [9.17, 15) is 4.79 Å². The van der Waals surface area contributed by atoms with Gasteiger partial charge >= 0.3 is 5.97 Å². The Morgan fingerprint density at radius 1 is 1.67 bits per heavy atom. The van der Waals surface area contributed by atoms with Gasteiger partial charge in [0.1, 0.15) is 0 Å². The first-order chi connectivity index (χ1) is 5.81. The molecule has 0 radical (unpaired) electrons. The minimum Gasteiger partial charge on any atom is -0.465 e. The summed E-state index contributed by atoms with van der Waals surface area (Å²) in [6.07, 6.45) is 3.69. The molecule has 0 aromatic heterocycles. The molecule has 3 heteroatoms. The molecule has 0 aromatic carbocycles. The van der Waals surface area contributed by atoms with E-state index in [-0.39, 0.29) is 12.5 Å². The molecule has 0 spiro atoms. The predicted molar refractivity (Wildman–Crippen MR) is 48.9 cm³/mol. The standard InChI is InChI=1S/C9H17NO2/c1-3-5-7-12-9(11)8-10-6-4-2/h4,10H,2-3,5-8H2,1H3. The zero-order valence-corrected chi connectivity index (χ0v) is 7.64. The molecule has 0 aromatic rings. The zero-order chi connectivity index (χ0) is 9.23. The molecule has 0 amide bonds. The number of carbonyl (C=O) groups excluding carboxylic acids is 1. The van der Waals surface area contributed by atoms with Gasteiger partial charge in [-0.1, -0.05) is 19.4 Å². The molecule has 0 saturated heterocycles. The van der Waals surface area contributed by atoms with E-state index < -0.39 is 0 Å². The van der Waals surface area contributed by atoms with Gasteiger partial charge in [-0.15, -0.1) is 6.58 Å². The average molecular weight is 171 g/mol. The third kappa shape index (κ3) is 7.28. The summed E-state index contributed by atoms with van der Waals surface area (Å²) >= 11 is 0. The summed E-state index contributed by atoms with van der Waals surface area (Å²) in [5.41, 5.74) is 0. The molecule has 0 bridgehead atoms. The maximum absolute atomic E-state index is 10.9. The summed E-state index contributed by atoms with van der Waals surface area (Å²) < 4.78 is 4.89. The van der Waals surface area contributed by atoms with Crippen LogP contribution in [0.25, 0.3) is 0 Å². The van der Waals surface area contributed by atoms with Crippen LogP contribution in [0.2, 0.25) is 0 Å². The molecule has 0 saturated carbocycles. The molecular weight excluding hydrogens is 154 g/mol. The Bertz CT molecular complexity index is 134. The Morgan fingerprint density at radius 2 is 2.42 bits per heavy atom. The van der Waals surface area contributed by atoms with Crippen LogP contribution in [0, 0.1) is 0 Å². The number of nitrogens with one attached hydrogen (secondary N) is 1. The summed E-state index contributed by atoms with van der Waals surface area (Å²) in [6.45, 7) is 7.03. The summed E-state index contributed by atoms with van der Waals surface area (Å²) in [4.78, 5) is 10.9. The minimum absolute atomic E-state index is 0.190. The topological polar surface area (TPSA) is 38.3 Å². The normalized spacial score (nSPS) is 9.42. The molecule has 12 heavy (non-hydrogen) atoms. The lowest BCUT2D eigenvalue weighted by Gasteiger charge is -2.03. The molecule has 0 unspecified atom stereocenters. The lowest BCUT2D eigenvalue weighted by atomic mass is 10.4. The Labute approximate surface area is 73.8 Å². The van der Waals surface area contributed by atoms with Gasteiger partial charge in [0.05, 0.1) is 13.2 Å². The van der Waals surface area contributed by atoms with Crippen molar-refractivity contribution in [2.24, 2.45) is 0 Å². The second-order valence-electron chi connectivity index (χ2n) is 2.49. The second kappa shape index (κ2) is 8.27. The average Bonchev–Trinajstić information content (AvgIpc) is 2.06. The van der Waals surface area contributed by atoms with Crippen LogP contribution in [0.3, 0.4) is 0 Å². The first kappa shape index (κ1) is 11.2. The Kier molecular flexibility index (Phi) is 7.70. The van der Waals surface area contributed by atoms with E-state index in [1.807, 2.05) is 0 Å². The van der Waals surface area contributed by atoms with Gasteiger partial charge < -0.3 is 10.1 Å². The summed E-state index contributed by atoms with van der Waals surface area (Å²) in [6, 6.07) is 0. The van der Waals surface area contributed by atoms with Crippen LogP contribution in [0.1, 0.15) is 19.8 Å². The number of ether oxygens (including phenoxy) is 1. The van der Waals surface area contributed by atoms with Crippen LogP contribution in [-0.4, -0.2) is 25.7 Å². The van der Waals surface area contributed by atoms with Gasteiger partial charge in [-0.3, -0.25) is 4.79 Å². The van der Waals surface area contributed by atoms with Crippen molar-refractivity contribution in [3.05, 3.63) is 12.7 Å². The van der Waals surface area contributed by atoms with Crippen LogP contribution in [0.5, 0.6) is 0 Å². The van der Waals surface area contributed by atoms with Crippen molar-refractivity contribution >= 4 is 5.97 Å². The van der Waals surface area contributed by atoms with Gasteiger partial charge in [-0.05, 0) is 6.42 Å². The highest BCUT2D eigenvalue weighted by Crippen LogP contribution is 1.87. The maximum Gasteiger partial charge on any atom is 0.319 e. The summed E-state index contributed by atoms with van der Waals surface area (Å²) in [7, 11) is 0. The number of esters is 1. The molecule has 0 heterocycles. The number of rotatable bonds is 7. The van der Waals surface area contributed by atoms with E-state index in [0.29, 0.717) is 13.2 Å². The van der Waals surface area contributed by atoms with E-state index in [2.05, 4.69) is 18.8 Å². The molecule has 70 valence electrons. The van der Waals surface area contributed by atoms with Crippen LogP contribution in [0.4, 0.5) is 0 Å². The van der Waals surface area contributed by atoms with Gasteiger partial charge in [-0.25, -0.2) is 0 Å². The zero-order valence-electron chi connectivity index (χ0n) is 7.64. The number of hydrogen-bond acceptors (Lipinski definition) is 3. The lowest BCUT2D eigenvalue weighted by Crippen LogP contribution is -2.24. The highest BCUT2D eigenvalue weighted by atomic mass is 16.5. The number of carbonyl (C=O) groups is 1. The van der Waals surface area contributed by atoms with Crippen molar-refractivity contribution in [1.29, 1.82) is 0 Å². The molecule has 0 aliphatic rings. The van der Waals surface area contributed by atoms with Crippen molar-refractivity contribution < 1.29 is 9.53 Å². The van der Waals surface area contributed by atoms with Crippen molar-refractivity contribution in [3.63, 3.8) is 0 Å². The van der Waals surface area contributed by atoms with E-state index >= 15 is 0 Å². The summed E-state index contributed by atoms with van der Waals surface area (Å²) in [5, 5.41) is 2.87. The molecule has 0 aliphatic heterocycles. The smallest absolute Gasteiger partial charge is 0.319 e. The number of unbranched alkanes of at least 4 members (excludes halogenated alkanes) is 1. The van der Waals surface area contributed by atoms with Crippen LogP contribution < -0.4 is 5.32 Å². The van der Waals surface area contributed by atoms with Crippen LogP contribution in [-0.2, 0) is 9.53 Å². The van der Waals surface area contributed by atoms with Crippen LogP contribution in [0.15, 0.2) is 12.7 Å². The fourth-order valence-corrected chi connectivity index (χ4v) is 0.658. The molecule has 0 rings (SSSR count). The van der Waals surface area contributed by atoms with Gasteiger partial charge in [0, 0.05) is 6.54 Å². The number of hydrogen-bond donors (Lipinski definition) is 1. The van der Waals surface area contributed by atoms with Crippen molar-refractivity contribution in [1.82, 2.24) is 5.32 Å². The van der Waals surface area contributed by atoms with E-state index in [4.69, 9.17) is 4.74 Å². The molecule has 3 nitrogen and oxygen atoms in total. The summed E-state index contributed by atoms with van der Waals surface area (Å²) in [5.74, 6) is -0.190. The van der Waals surface area contributed by atoms with E-state index in [1.54, 1.807) is 6.08 Å². The van der Waals surface area contributed by atoms with Crippen molar-refractivity contribution in [2.45, 2.75) is 19.8 Å². The molecule has 1 N–H and O–H groups in total. The Hall–Kier alpha value is -0.830. The van der Waals surface area contributed by atoms with E-state index in [1.165, 1.54) is 0 Å². The van der Waals surface area contributed by atoms with Gasteiger partial charge in [0.15, 0.2) is 0 Å². The molecular formula is C9H17NO2. The van der Waals surface area contributed by atoms with Crippen molar-refractivity contribution in [3.8, 4) is 0 Å². The van der Waals surface area contributed by atoms with Crippen molar-refractivity contribution in [2.75, 3.05) is 19.7 Å². The quantitative estimate of drug-likeness (QED) is 0.354. The molecule has 0 atom stereocenters. The third-order valence-corrected chi connectivity index (χ3v) is 1.32. The Morgan fingerprint density at radius 3 is 3.00 bits per heavy atom. The lowest BCUT2D eigenvalue weighted by molar-refractivity contribution is -0.142. The first-order valence-electron chi connectivity index (χ1n) is 4.28. The van der Waals surface area contributed by atoms with Crippen LogP contribution >= 0.6 is 0 Å². The SMILES string of the molecule is C=CCNCC(=O)OCCCC. The molecule has 0 aliphatic carbocycles. The fraction of sp³-hybridized carbons (Fsp3) is 0.667. The Balaban J connectivity index is 3.15. The first-order valence-corrected chi connectivity index (χ1v) is 4.28. The monoisotopic (exact) mass is 171 g/mol. The maximum atomic E-state index is 10.9. The largest absolute Gasteiger partial charge is 0.465 e. The van der Waals surface area contributed by atoms with Gasteiger partial charge in [0.25, 0.3) is 0 Å². The predicted octanol–water partition coefficient (Wildman–Crippen LogP) is 1.11. The second-order valence-corrected chi connectivity index (χ2v) is 2.49. The van der Waals surface area contributed by atoms with E-state index in [0.717, 1.165) is 12.8 Å². The van der Waals surface area contributed by atoms with Gasteiger partial charge in [0.2, 0.25) is 0 Å². The highest BCUT2D eigenvalue weighted by molar-refractivity contribution is 5.71. The fourth-order valence-electron chi connectivity index (χ4n) is 0.658.